The van der Waals surface area contributed by atoms with E-state index >= 15 is 0 Å². The van der Waals surface area contributed by atoms with Gasteiger partial charge in [-0.05, 0) is 38.8 Å². The predicted molar refractivity (Wildman–Crippen MR) is 83.8 cm³/mol. The Bertz CT molecular complexity index is 747. The van der Waals surface area contributed by atoms with Crippen LogP contribution in [0.5, 0.6) is 0 Å². The Kier molecular flexibility index (Phi) is 4.31. The van der Waals surface area contributed by atoms with Crippen LogP contribution in [0.2, 0.25) is 0 Å². The number of aromatic nitrogens is 1. The van der Waals surface area contributed by atoms with Gasteiger partial charge in [0.25, 0.3) is 10.2 Å². The van der Waals surface area contributed by atoms with Crippen molar-refractivity contribution in [2.45, 2.75) is 39.3 Å². The molecule has 1 atom stereocenters. The van der Waals surface area contributed by atoms with Crippen LogP contribution in [0, 0.1) is 13.8 Å². The zero-order chi connectivity index (χ0) is 16.6. The quantitative estimate of drug-likeness (QED) is 0.835. The molecule has 0 radical (unpaired) electrons. The molecule has 8 heteroatoms. The summed E-state index contributed by atoms with van der Waals surface area (Å²) in [5, 5.41) is 3.88. The highest BCUT2D eigenvalue weighted by atomic mass is 32.2. The van der Waals surface area contributed by atoms with Gasteiger partial charge in [0.1, 0.15) is 11.5 Å². The van der Waals surface area contributed by atoms with Crippen LogP contribution in [0.3, 0.4) is 0 Å². The van der Waals surface area contributed by atoms with Crippen molar-refractivity contribution in [3.05, 3.63) is 41.2 Å². The lowest BCUT2D eigenvalue weighted by Gasteiger charge is -2.27. The van der Waals surface area contributed by atoms with Crippen LogP contribution < -0.4 is 0 Å². The van der Waals surface area contributed by atoms with Crippen LogP contribution in [0.1, 0.15) is 41.7 Å². The van der Waals surface area contributed by atoms with Crippen molar-refractivity contribution in [3.8, 4) is 0 Å². The van der Waals surface area contributed by atoms with E-state index in [0.29, 0.717) is 23.8 Å². The van der Waals surface area contributed by atoms with Gasteiger partial charge in [-0.1, -0.05) is 5.16 Å². The van der Waals surface area contributed by atoms with E-state index in [-0.39, 0.29) is 12.6 Å². The average molecular weight is 339 g/mol. The predicted octanol–water partition coefficient (Wildman–Crippen LogP) is 2.40. The molecular formula is C15H21N3O4S. The molecule has 0 amide bonds. The van der Waals surface area contributed by atoms with Crippen LogP contribution in [0.25, 0.3) is 0 Å². The first-order valence-electron chi connectivity index (χ1n) is 7.59. The lowest BCUT2D eigenvalue weighted by Crippen LogP contribution is -2.41. The lowest BCUT2D eigenvalue weighted by molar-refractivity contribution is 0.311. The SMILES string of the molecule is Cc1noc(C)c1CN(C)S(=O)(=O)N1CCC[C@@H]1c1ccco1. The molecule has 0 bridgehead atoms. The van der Waals surface area contributed by atoms with Gasteiger partial charge in [0.05, 0.1) is 18.0 Å². The summed E-state index contributed by atoms with van der Waals surface area (Å²) in [6, 6.07) is 3.38. The molecule has 1 saturated heterocycles. The largest absolute Gasteiger partial charge is 0.468 e. The van der Waals surface area contributed by atoms with Crippen LogP contribution in [0.4, 0.5) is 0 Å². The van der Waals surface area contributed by atoms with Crippen molar-refractivity contribution in [2.75, 3.05) is 13.6 Å². The summed E-state index contributed by atoms with van der Waals surface area (Å²) in [6.07, 6.45) is 3.17. The highest BCUT2D eigenvalue weighted by Gasteiger charge is 2.39. The normalized spacial score (nSPS) is 19.7. The van der Waals surface area contributed by atoms with E-state index in [1.54, 1.807) is 26.3 Å². The Morgan fingerprint density at radius 2 is 2.22 bits per heavy atom. The second-order valence-electron chi connectivity index (χ2n) is 5.85. The van der Waals surface area contributed by atoms with Crippen molar-refractivity contribution in [1.82, 2.24) is 13.8 Å². The van der Waals surface area contributed by atoms with Gasteiger partial charge in [-0.2, -0.15) is 17.0 Å². The van der Waals surface area contributed by atoms with E-state index in [2.05, 4.69) is 5.16 Å². The van der Waals surface area contributed by atoms with Gasteiger partial charge in [0, 0.05) is 25.7 Å². The third-order valence-corrected chi connectivity index (χ3v) is 6.27. The molecule has 7 nitrogen and oxygen atoms in total. The van der Waals surface area contributed by atoms with Crippen molar-refractivity contribution in [2.24, 2.45) is 0 Å². The molecule has 0 N–H and O–H groups in total. The molecule has 126 valence electrons. The maximum absolute atomic E-state index is 12.9. The van der Waals surface area contributed by atoms with Crippen molar-refractivity contribution in [1.29, 1.82) is 0 Å². The minimum Gasteiger partial charge on any atom is -0.468 e. The fourth-order valence-corrected chi connectivity index (χ4v) is 4.53. The number of aryl methyl sites for hydroxylation is 2. The molecule has 3 rings (SSSR count). The van der Waals surface area contributed by atoms with Crippen molar-refractivity contribution >= 4 is 10.2 Å². The van der Waals surface area contributed by atoms with E-state index in [0.717, 1.165) is 18.4 Å². The highest BCUT2D eigenvalue weighted by Crippen LogP contribution is 2.35. The molecule has 0 aliphatic carbocycles. The number of rotatable bonds is 5. The molecular weight excluding hydrogens is 318 g/mol. The summed E-state index contributed by atoms with van der Waals surface area (Å²) in [7, 11) is -2.00. The Hall–Kier alpha value is -1.64. The van der Waals surface area contributed by atoms with Crippen LogP contribution in [-0.2, 0) is 16.8 Å². The molecule has 1 fully saturated rings. The Labute approximate surface area is 136 Å². The zero-order valence-electron chi connectivity index (χ0n) is 13.5. The van der Waals surface area contributed by atoms with E-state index in [4.69, 9.17) is 8.94 Å². The van der Waals surface area contributed by atoms with Crippen LogP contribution in [-0.4, -0.2) is 35.8 Å². The fraction of sp³-hybridized carbons (Fsp3) is 0.533. The number of hydrogen-bond acceptors (Lipinski definition) is 5. The van der Waals surface area contributed by atoms with Gasteiger partial charge < -0.3 is 8.94 Å². The Morgan fingerprint density at radius 3 is 2.83 bits per heavy atom. The standard InChI is InChI=1S/C15H21N3O4S/c1-11-13(12(2)22-16-11)10-17(3)23(19,20)18-8-4-6-14(18)15-7-5-9-21-15/h5,7,9,14H,4,6,8,10H2,1-3H3/t14-/m1/s1. The lowest BCUT2D eigenvalue weighted by atomic mass is 10.2. The summed E-state index contributed by atoms with van der Waals surface area (Å²) in [5.74, 6) is 1.34. The summed E-state index contributed by atoms with van der Waals surface area (Å²) < 4.78 is 39.3. The van der Waals surface area contributed by atoms with E-state index in [1.165, 1.54) is 8.61 Å². The monoisotopic (exact) mass is 339 g/mol. The first-order chi connectivity index (χ1) is 10.9. The summed E-state index contributed by atoms with van der Waals surface area (Å²) in [5.41, 5.74) is 1.53. The molecule has 1 aliphatic heterocycles. The molecule has 0 spiro atoms. The van der Waals surface area contributed by atoms with E-state index < -0.39 is 10.2 Å². The van der Waals surface area contributed by atoms with Gasteiger partial charge in [0.2, 0.25) is 0 Å². The summed E-state index contributed by atoms with van der Waals surface area (Å²) in [6.45, 7) is 4.34. The second kappa shape index (κ2) is 6.10. The van der Waals surface area contributed by atoms with E-state index in [9.17, 15) is 8.42 Å². The number of furan rings is 1. The summed E-state index contributed by atoms with van der Waals surface area (Å²) >= 11 is 0. The van der Waals surface area contributed by atoms with E-state index in [1.807, 2.05) is 13.0 Å². The molecule has 2 aromatic heterocycles. The Balaban J connectivity index is 1.83. The molecule has 3 heterocycles. The topological polar surface area (TPSA) is 79.8 Å². The first kappa shape index (κ1) is 16.2. The molecule has 23 heavy (non-hydrogen) atoms. The fourth-order valence-electron chi connectivity index (χ4n) is 2.99. The minimum absolute atomic E-state index is 0.234. The first-order valence-corrected chi connectivity index (χ1v) is 8.99. The van der Waals surface area contributed by atoms with Gasteiger partial charge >= 0.3 is 0 Å². The molecule has 0 saturated carbocycles. The third kappa shape index (κ3) is 2.93. The maximum Gasteiger partial charge on any atom is 0.282 e. The van der Waals surface area contributed by atoms with Crippen molar-refractivity contribution in [3.63, 3.8) is 0 Å². The molecule has 1 aliphatic rings. The number of nitrogens with zero attached hydrogens (tertiary/aromatic N) is 3. The zero-order valence-corrected chi connectivity index (χ0v) is 14.3. The van der Waals surface area contributed by atoms with Crippen LogP contribution in [0.15, 0.2) is 27.3 Å². The minimum atomic E-state index is -3.59. The highest BCUT2D eigenvalue weighted by molar-refractivity contribution is 7.86. The summed E-state index contributed by atoms with van der Waals surface area (Å²) in [4.78, 5) is 0. The van der Waals surface area contributed by atoms with Gasteiger partial charge in [0.15, 0.2) is 0 Å². The van der Waals surface area contributed by atoms with Gasteiger partial charge in [-0.15, -0.1) is 0 Å². The second-order valence-corrected chi connectivity index (χ2v) is 7.84. The van der Waals surface area contributed by atoms with Crippen LogP contribution >= 0.6 is 0 Å². The van der Waals surface area contributed by atoms with Gasteiger partial charge in [-0.25, -0.2) is 0 Å². The molecule has 2 aromatic rings. The number of hydrogen-bond donors (Lipinski definition) is 0. The Morgan fingerprint density at radius 1 is 1.43 bits per heavy atom. The molecule has 0 unspecified atom stereocenters. The third-order valence-electron chi connectivity index (χ3n) is 4.33. The molecule has 0 aromatic carbocycles. The van der Waals surface area contributed by atoms with Crippen molar-refractivity contribution < 1.29 is 17.4 Å². The maximum atomic E-state index is 12.9. The average Bonchev–Trinajstić information content (AvgIpc) is 3.23. The smallest absolute Gasteiger partial charge is 0.282 e. The van der Waals surface area contributed by atoms with Gasteiger partial charge in [-0.3, -0.25) is 0 Å².